The molecule has 8 heteroatoms. The fourth-order valence-electron chi connectivity index (χ4n) is 3.28. The minimum absolute atomic E-state index is 0.0531. The molecular weight excluding hydrogens is 450 g/mol. The monoisotopic (exact) mass is 477 g/mol. The zero-order chi connectivity index (χ0) is 25.0. The first kappa shape index (κ1) is 25.3. The molecule has 0 aliphatic rings. The number of nitrogens with one attached hydrogen (secondary N) is 1. The molecule has 0 heterocycles. The number of hydrogen-bond acceptors (Lipinski definition) is 7. The van der Waals surface area contributed by atoms with Crippen molar-refractivity contribution in [2.45, 2.75) is 19.1 Å². The van der Waals surface area contributed by atoms with Gasteiger partial charge in [-0.2, -0.15) is 0 Å². The Morgan fingerprint density at radius 1 is 0.771 bits per heavy atom. The molecule has 0 bridgehead atoms. The van der Waals surface area contributed by atoms with Crippen LogP contribution in [-0.2, 0) is 27.3 Å². The van der Waals surface area contributed by atoms with E-state index in [9.17, 15) is 14.4 Å². The lowest BCUT2D eigenvalue weighted by Gasteiger charge is -2.18. The van der Waals surface area contributed by atoms with Crippen molar-refractivity contribution in [3.63, 3.8) is 0 Å². The van der Waals surface area contributed by atoms with E-state index in [0.29, 0.717) is 17.1 Å². The van der Waals surface area contributed by atoms with Gasteiger partial charge >= 0.3 is 12.1 Å². The summed E-state index contributed by atoms with van der Waals surface area (Å²) in [6, 6.07) is 21.9. The summed E-state index contributed by atoms with van der Waals surface area (Å²) >= 11 is 0. The first-order chi connectivity index (χ1) is 17.0. The molecule has 0 saturated carbocycles. The highest BCUT2D eigenvalue weighted by Gasteiger charge is 2.25. The molecule has 35 heavy (non-hydrogen) atoms. The topological polar surface area (TPSA) is 100 Å². The molecule has 0 spiro atoms. The Hall–Kier alpha value is -4.33. The lowest BCUT2D eigenvalue weighted by Crippen LogP contribution is -2.44. The zero-order valence-corrected chi connectivity index (χ0v) is 19.6. The summed E-state index contributed by atoms with van der Waals surface area (Å²) in [5, 5.41) is 2.55. The second kappa shape index (κ2) is 12.8. The van der Waals surface area contributed by atoms with Crippen LogP contribution in [0.1, 0.15) is 21.5 Å². The molecule has 1 N–H and O–H groups in total. The molecular formula is C27H27NO7. The van der Waals surface area contributed by atoms with Crippen molar-refractivity contribution in [3.05, 3.63) is 95.6 Å². The van der Waals surface area contributed by atoms with Gasteiger partial charge in [-0.15, -0.1) is 0 Å². The standard InChI is InChI=1S/C27H27NO7/c1-32-24-14-13-21(16-25(24)33-2)23(29)18-34-26(30)22(15-19-9-5-3-6-10-19)28-27(31)35-17-20-11-7-4-8-12-20/h3-14,16,22H,15,17-18H2,1-2H3,(H,28,31)/t22-/m1/s1. The first-order valence-corrected chi connectivity index (χ1v) is 10.9. The van der Waals surface area contributed by atoms with Crippen LogP contribution < -0.4 is 14.8 Å². The normalized spacial score (nSPS) is 11.1. The molecule has 0 aliphatic heterocycles. The fraction of sp³-hybridized carbons (Fsp3) is 0.222. The smallest absolute Gasteiger partial charge is 0.408 e. The highest BCUT2D eigenvalue weighted by atomic mass is 16.6. The van der Waals surface area contributed by atoms with Gasteiger partial charge in [0.1, 0.15) is 12.6 Å². The van der Waals surface area contributed by atoms with E-state index in [1.54, 1.807) is 12.1 Å². The Kier molecular flexibility index (Phi) is 9.24. The van der Waals surface area contributed by atoms with Crippen molar-refractivity contribution in [2.24, 2.45) is 0 Å². The maximum Gasteiger partial charge on any atom is 0.408 e. The average Bonchev–Trinajstić information content (AvgIpc) is 2.90. The lowest BCUT2D eigenvalue weighted by molar-refractivity contribution is -0.144. The van der Waals surface area contributed by atoms with E-state index in [1.165, 1.54) is 20.3 Å². The van der Waals surface area contributed by atoms with E-state index in [4.69, 9.17) is 18.9 Å². The van der Waals surface area contributed by atoms with Crippen molar-refractivity contribution in [1.82, 2.24) is 5.32 Å². The largest absolute Gasteiger partial charge is 0.493 e. The van der Waals surface area contributed by atoms with E-state index >= 15 is 0 Å². The van der Waals surface area contributed by atoms with Crippen LogP contribution in [0.15, 0.2) is 78.9 Å². The zero-order valence-electron chi connectivity index (χ0n) is 19.6. The van der Waals surface area contributed by atoms with Gasteiger partial charge in [0.25, 0.3) is 0 Å². The van der Waals surface area contributed by atoms with Gasteiger partial charge in [0, 0.05) is 12.0 Å². The van der Waals surface area contributed by atoms with Crippen LogP contribution in [0.4, 0.5) is 4.79 Å². The molecule has 8 nitrogen and oxygen atoms in total. The number of benzene rings is 3. The third kappa shape index (κ3) is 7.60. The van der Waals surface area contributed by atoms with Gasteiger partial charge in [-0.3, -0.25) is 4.79 Å². The number of hydrogen-bond donors (Lipinski definition) is 1. The first-order valence-electron chi connectivity index (χ1n) is 10.9. The quantitative estimate of drug-likeness (QED) is 0.329. The van der Waals surface area contributed by atoms with Crippen molar-refractivity contribution >= 4 is 17.8 Å². The van der Waals surface area contributed by atoms with Crippen LogP contribution in [0.5, 0.6) is 11.5 Å². The Labute approximate surface area is 203 Å². The Morgan fingerprint density at radius 3 is 2.03 bits per heavy atom. The Bertz CT molecular complexity index is 1130. The van der Waals surface area contributed by atoms with Crippen LogP contribution in [0.3, 0.4) is 0 Å². The van der Waals surface area contributed by atoms with E-state index in [1.807, 2.05) is 60.7 Å². The summed E-state index contributed by atoms with van der Waals surface area (Å²) in [5.41, 5.74) is 1.92. The number of rotatable bonds is 11. The minimum atomic E-state index is -1.04. The molecule has 0 radical (unpaired) electrons. The number of ether oxygens (including phenoxy) is 4. The van der Waals surface area contributed by atoms with Crippen molar-refractivity contribution < 1.29 is 33.3 Å². The lowest BCUT2D eigenvalue weighted by atomic mass is 10.1. The number of amides is 1. The summed E-state index contributed by atoms with van der Waals surface area (Å²) in [6.07, 6.45) is -0.594. The van der Waals surface area contributed by atoms with Gasteiger partial charge in [-0.25, -0.2) is 9.59 Å². The molecule has 0 saturated heterocycles. The second-order valence-electron chi connectivity index (χ2n) is 7.55. The Balaban J connectivity index is 1.63. The SMILES string of the molecule is COc1ccc(C(=O)COC(=O)[C@@H](Cc2ccccc2)NC(=O)OCc2ccccc2)cc1OC. The van der Waals surface area contributed by atoms with Crippen LogP contribution in [0, 0.1) is 0 Å². The number of carbonyl (C=O) groups is 3. The molecule has 1 atom stereocenters. The predicted molar refractivity (Wildman–Crippen MR) is 129 cm³/mol. The molecule has 1 amide bonds. The Morgan fingerprint density at radius 2 is 1.40 bits per heavy atom. The van der Waals surface area contributed by atoms with Crippen molar-refractivity contribution in [1.29, 1.82) is 0 Å². The number of methoxy groups -OCH3 is 2. The molecule has 0 aromatic heterocycles. The number of ketones is 1. The maximum absolute atomic E-state index is 12.8. The third-order valence-corrected chi connectivity index (χ3v) is 5.12. The second-order valence-corrected chi connectivity index (χ2v) is 7.55. The van der Waals surface area contributed by atoms with E-state index < -0.39 is 30.5 Å². The number of carbonyl (C=O) groups excluding carboxylic acids is 3. The van der Waals surface area contributed by atoms with Gasteiger partial charge < -0.3 is 24.3 Å². The van der Waals surface area contributed by atoms with Crippen LogP contribution >= 0.6 is 0 Å². The molecule has 3 aromatic rings. The van der Waals surface area contributed by atoms with Gasteiger partial charge in [0.15, 0.2) is 23.9 Å². The molecule has 3 rings (SSSR count). The van der Waals surface area contributed by atoms with Gasteiger partial charge in [-0.05, 0) is 29.3 Å². The fourth-order valence-corrected chi connectivity index (χ4v) is 3.28. The average molecular weight is 478 g/mol. The van der Waals surface area contributed by atoms with Gasteiger partial charge in [-0.1, -0.05) is 60.7 Å². The van der Waals surface area contributed by atoms with Gasteiger partial charge in [0.05, 0.1) is 14.2 Å². The number of esters is 1. The molecule has 0 aliphatic carbocycles. The minimum Gasteiger partial charge on any atom is -0.493 e. The summed E-state index contributed by atoms with van der Waals surface area (Å²) in [7, 11) is 2.95. The maximum atomic E-state index is 12.8. The summed E-state index contributed by atoms with van der Waals surface area (Å²) in [6.45, 7) is -0.447. The predicted octanol–water partition coefficient (Wildman–Crippen LogP) is 3.97. The summed E-state index contributed by atoms with van der Waals surface area (Å²) in [4.78, 5) is 37.8. The molecule has 3 aromatic carbocycles. The molecule has 182 valence electrons. The van der Waals surface area contributed by atoms with E-state index in [0.717, 1.165) is 11.1 Å². The van der Waals surface area contributed by atoms with Crippen molar-refractivity contribution in [2.75, 3.05) is 20.8 Å². The van der Waals surface area contributed by atoms with Gasteiger partial charge in [0.2, 0.25) is 0 Å². The number of alkyl carbamates (subject to hydrolysis) is 1. The third-order valence-electron chi connectivity index (χ3n) is 5.12. The number of Topliss-reactive ketones (excluding diaryl/α,β-unsaturated/α-hetero) is 1. The van der Waals surface area contributed by atoms with E-state index in [-0.39, 0.29) is 13.0 Å². The highest BCUT2D eigenvalue weighted by molar-refractivity contribution is 5.98. The summed E-state index contributed by atoms with van der Waals surface area (Å²) in [5.74, 6) is -0.319. The van der Waals surface area contributed by atoms with E-state index in [2.05, 4.69) is 5.32 Å². The van der Waals surface area contributed by atoms with Crippen LogP contribution in [0.2, 0.25) is 0 Å². The van der Waals surface area contributed by atoms with Crippen molar-refractivity contribution in [3.8, 4) is 11.5 Å². The molecule has 0 fully saturated rings. The van der Waals surface area contributed by atoms with Crippen LogP contribution in [0.25, 0.3) is 0 Å². The highest BCUT2D eigenvalue weighted by Crippen LogP contribution is 2.27. The molecule has 0 unspecified atom stereocenters. The summed E-state index contributed by atoms with van der Waals surface area (Å²) < 4.78 is 20.9. The van der Waals surface area contributed by atoms with Crippen LogP contribution in [-0.4, -0.2) is 44.7 Å².